The van der Waals surface area contributed by atoms with E-state index in [0.717, 1.165) is 11.3 Å². The molecule has 0 saturated carbocycles. The number of benzene rings is 1. The number of aromatic nitrogens is 2. The van der Waals surface area contributed by atoms with Crippen LogP contribution in [0.25, 0.3) is 22.8 Å². The van der Waals surface area contributed by atoms with Gasteiger partial charge in [-0.15, -0.1) is 0 Å². The molecule has 0 saturated heterocycles. The summed E-state index contributed by atoms with van der Waals surface area (Å²) in [5.41, 5.74) is 1.07. The highest BCUT2D eigenvalue weighted by Crippen LogP contribution is 2.32. The summed E-state index contributed by atoms with van der Waals surface area (Å²) in [6.45, 7) is 0. The Morgan fingerprint density at radius 2 is 2.10 bits per heavy atom. The van der Waals surface area contributed by atoms with Crippen LogP contribution in [0.3, 0.4) is 0 Å². The maximum absolute atomic E-state index is 10.7. The van der Waals surface area contributed by atoms with E-state index in [1.807, 2.05) is 0 Å². The summed E-state index contributed by atoms with van der Waals surface area (Å²) in [6, 6.07) is 6.29. The Hall–Kier alpha value is -1.96. The van der Waals surface area contributed by atoms with E-state index in [4.69, 9.17) is 27.7 Å². The minimum atomic E-state index is -0.471. The lowest BCUT2D eigenvalue weighted by atomic mass is 10.2. The number of hydrogen-bond acceptors (Lipinski definition) is 6. The molecule has 0 bridgehead atoms. The van der Waals surface area contributed by atoms with Gasteiger partial charge in [-0.1, -0.05) is 39.7 Å². The monoisotopic (exact) mass is 341 g/mol. The van der Waals surface area contributed by atoms with Crippen molar-refractivity contribution in [3.8, 4) is 22.8 Å². The van der Waals surface area contributed by atoms with Crippen molar-refractivity contribution in [2.75, 3.05) is 0 Å². The third-order valence-corrected chi connectivity index (χ3v) is 4.04. The van der Waals surface area contributed by atoms with E-state index in [0.29, 0.717) is 27.0 Å². The van der Waals surface area contributed by atoms with Gasteiger partial charge in [0.2, 0.25) is 5.82 Å². The molecule has 0 spiro atoms. The molecule has 1 aromatic carbocycles. The van der Waals surface area contributed by atoms with Crippen LogP contribution in [0.1, 0.15) is 0 Å². The number of hydrogen-bond donors (Lipinski definition) is 0. The molecular weight excluding hydrogens is 337 g/mol. The highest BCUT2D eigenvalue weighted by molar-refractivity contribution is 7.13. The molecule has 0 unspecified atom stereocenters. The van der Waals surface area contributed by atoms with Crippen molar-refractivity contribution in [1.29, 1.82) is 0 Å². The highest BCUT2D eigenvalue weighted by Gasteiger charge is 2.17. The van der Waals surface area contributed by atoms with Crippen molar-refractivity contribution in [2.24, 2.45) is 0 Å². The van der Waals surface area contributed by atoms with Gasteiger partial charge >= 0.3 is 5.00 Å². The van der Waals surface area contributed by atoms with Gasteiger partial charge < -0.3 is 4.52 Å². The zero-order valence-corrected chi connectivity index (χ0v) is 12.4. The lowest BCUT2D eigenvalue weighted by Gasteiger charge is -1.98. The van der Waals surface area contributed by atoms with E-state index in [9.17, 15) is 10.1 Å². The quantitative estimate of drug-likeness (QED) is 0.510. The van der Waals surface area contributed by atoms with Gasteiger partial charge in [0.1, 0.15) is 0 Å². The Labute approximate surface area is 132 Å². The zero-order chi connectivity index (χ0) is 15.0. The summed E-state index contributed by atoms with van der Waals surface area (Å²) in [5, 5.41) is 17.0. The first kappa shape index (κ1) is 14.0. The second-order valence-electron chi connectivity index (χ2n) is 3.98. The average Bonchev–Trinajstić information content (AvgIpc) is 3.07. The normalized spacial score (nSPS) is 10.8. The topological polar surface area (TPSA) is 82.1 Å². The Morgan fingerprint density at radius 3 is 2.76 bits per heavy atom. The van der Waals surface area contributed by atoms with Gasteiger partial charge in [0.05, 0.1) is 15.5 Å². The maximum atomic E-state index is 10.7. The van der Waals surface area contributed by atoms with Gasteiger partial charge in [0.15, 0.2) is 0 Å². The van der Waals surface area contributed by atoms with Crippen LogP contribution in [0.4, 0.5) is 5.00 Å². The minimum absolute atomic E-state index is 0.00859. The predicted octanol–water partition coefficient (Wildman–Crippen LogP) is 4.68. The molecule has 0 N–H and O–H groups in total. The number of thiophene rings is 1. The first-order valence-electron chi connectivity index (χ1n) is 5.57. The van der Waals surface area contributed by atoms with Crippen LogP contribution in [-0.4, -0.2) is 15.1 Å². The van der Waals surface area contributed by atoms with Gasteiger partial charge in [0, 0.05) is 22.0 Å². The largest absolute Gasteiger partial charge is 0.334 e. The van der Waals surface area contributed by atoms with Crippen molar-refractivity contribution >= 4 is 39.5 Å². The molecular formula is C12H5Cl2N3O3S. The first-order chi connectivity index (χ1) is 10.0. The van der Waals surface area contributed by atoms with Gasteiger partial charge in [-0.05, 0) is 18.2 Å². The fourth-order valence-electron chi connectivity index (χ4n) is 1.65. The van der Waals surface area contributed by atoms with E-state index in [2.05, 4.69) is 10.1 Å². The SMILES string of the molecule is O=[N+]([O-])c1cc(-c2nc(-c3ccc(Cl)cc3Cl)no2)cs1. The third kappa shape index (κ3) is 2.76. The summed E-state index contributed by atoms with van der Waals surface area (Å²) in [5.74, 6) is 0.487. The fourth-order valence-corrected chi connectivity index (χ4v) is 2.84. The Kier molecular flexibility index (Phi) is 3.62. The molecule has 6 nitrogen and oxygen atoms in total. The number of nitro groups is 1. The average molecular weight is 342 g/mol. The van der Waals surface area contributed by atoms with E-state index in [-0.39, 0.29) is 10.9 Å². The summed E-state index contributed by atoms with van der Waals surface area (Å²) < 4.78 is 5.11. The van der Waals surface area contributed by atoms with E-state index in [1.165, 1.54) is 6.07 Å². The smallest absolute Gasteiger partial charge is 0.324 e. The Bertz CT molecular complexity index is 831. The molecule has 9 heteroatoms. The number of nitrogens with zero attached hydrogens (tertiary/aromatic N) is 3. The summed E-state index contributed by atoms with van der Waals surface area (Å²) >= 11 is 12.9. The van der Waals surface area contributed by atoms with E-state index >= 15 is 0 Å². The molecule has 0 radical (unpaired) electrons. The molecule has 3 aromatic rings. The van der Waals surface area contributed by atoms with Crippen molar-refractivity contribution in [2.45, 2.75) is 0 Å². The lowest BCUT2D eigenvalue weighted by Crippen LogP contribution is -1.83. The van der Waals surface area contributed by atoms with E-state index < -0.39 is 4.92 Å². The molecule has 21 heavy (non-hydrogen) atoms. The highest BCUT2D eigenvalue weighted by atomic mass is 35.5. The maximum Gasteiger partial charge on any atom is 0.324 e. The second-order valence-corrected chi connectivity index (χ2v) is 5.71. The molecule has 2 heterocycles. The second kappa shape index (κ2) is 5.44. The standard InChI is InChI=1S/C12H5Cl2N3O3S/c13-7-1-2-8(9(14)4-7)11-15-12(20-16-11)6-3-10(17(18)19)21-5-6/h1-5H. The Balaban J connectivity index is 1.97. The molecule has 0 amide bonds. The lowest BCUT2D eigenvalue weighted by molar-refractivity contribution is -0.380. The fraction of sp³-hybridized carbons (Fsp3) is 0. The Morgan fingerprint density at radius 1 is 1.29 bits per heavy atom. The van der Waals surface area contributed by atoms with Crippen molar-refractivity contribution in [3.63, 3.8) is 0 Å². The van der Waals surface area contributed by atoms with Crippen LogP contribution in [-0.2, 0) is 0 Å². The van der Waals surface area contributed by atoms with Gasteiger partial charge in [-0.2, -0.15) is 4.98 Å². The molecule has 0 fully saturated rings. The first-order valence-corrected chi connectivity index (χ1v) is 7.20. The molecule has 0 aliphatic rings. The van der Waals surface area contributed by atoms with E-state index in [1.54, 1.807) is 23.6 Å². The third-order valence-electron chi connectivity index (χ3n) is 2.61. The van der Waals surface area contributed by atoms with Crippen LogP contribution < -0.4 is 0 Å². The van der Waals surface area contributed by atoms with Crippen molar-refractivity contribution in [1.82, 2.24) is 10.1 Å². The molecule has 106 valence electrons. The molecule has 2 aromatic heterocycles. The van der Waals surface area contributed by atoms with Crippen molar-refractivity contribution in [3.05, 3.63) is 49.8 Å². The molecule has 0 atom stereocenters. The van der Waals surface area contributed by atoms with Crippen molar-refractivity contribution < 1.29 is 9.45 Å². The number of rotatable bonds is 3. The summed E-state index contributed by atoms with van der Waals surface area (Å²) in [7, 11) is 0. The van der Waals surface area contributed by atoms with Crippen LogP contribution in [0.2, 0.25) is 10.0 Å². The van der Waals surface area contributed by atoms with Crippen LogP contribution >= 0.6 is 34.5 Å². The van der Waals surface area contributed by atoms with Crippen LogP contribution in [0.15, 0.2) is 34.2 Å². The molecule has 3 rings (SSSR count). The van der Waals surface area contributed by atoms with Crippen LogP contribution in [0, 0.1) is 10.1 Å². The number of halogens is 2. The van der Waals surface area contributed by atoms with Gasteiger partial charge in [-0.25, -0.2) is 0 Å². The summed E-state index contributed by atoms with van der Waals surface area (Å²) in [4.78, 5) is 14.4. The molecule has 0 aliphatic carbocycles. The summed E-state index contributed by atoms with van der Waals surface area (Å²) in [6.07, 6.45) is 0. The van der Waals surface area contributed by atoms with Gasteiger partial charge in [-0.3, -0.25) is 10.1 Å². The van der Waals surface area contributed by atoms with Crippen LogP contribution in [0.5, 0.6) is 0 Å². The predicted molar refractivity (Wildman–Crippen MR) is 79.7 cm³/mol. The molecule has 0 aliphatic heterocycles. The minimum Gasteiger partial charge on any atom is -0.334 e. The zero-order valence-electron chi connectivity index (χ0n) is 10.1. The van der Waals surface area contributed by atoms with Gasteiger partial charge in [0.25, 0.3) is 5.89 Å².